The molecule has 0 saturated carbocycles. The summed E-state index contributed by atoms with van der Waals surface area (Å²) >= 11 is 0. The minimum Gasteiger partial charge on any atom is -0.444 e. The highest BCUT2D eigenvalue weighted by atomic mass is 16.5. The Kier molecular flexibility index (Phi) is 6.11. The van der Waals surface area contributed by atoms with Crippen LogP contribution in [0.4, 0.5) is 0 Å². The summed E-state index contributed by atoms with van der Waals surface area (Å²) in [5, 5.41) is 3.26. The van der Waals surface area contributed by atoms with Crippen LogP contribution in [0, 0.1) is 0 Å². The molecule has 0 atom stereocenters. The molecule has 1 rings (SSSR count). The van der Waals surface area contributed by atoms with Gasteiger partial charge in [-0.2, -0.15) is 0 Å². The first-order chi connectivity index (χ1) is 7.72. The van der Waals surface area contributed by atoms with Crippen LogP contribution in [0.5, 0.6) is 0 Å². The zero-order valence-electron chi connectivity index (χ0n) is 10.5. The third-order valence-electron chi connectivity index (χ3n) is 2.10. The van der Waals surface area contributed by atoms with Gasteiger partial charge in [0.25, 0.3) is 0 Å². The first-order valence-electron chi connectivity index (χ1n) is 5.97. The molecule has 0 spiro atoms. The molecule has 0 radical (unpaired) electrons. The maximum Gasteiger partial charge on any atom is 0.208 e. The van der Waals surface area contributed by atoms with Gasteiger partial charge in [0.05, 0.1) is 19.3 Å². The van der Waals surface area contributed by atoms with E-state index in [2.05, 4.69) is 31.1 Å². The summed E-state index contributed by atoms with van der Waals surface area (Å²) in [6.45, 7) is 8.51. The number of rotatable bonds is 8. The van der Waals surface area contributed by atoms with Gasteiger partial charge in [0, 0.05) is 19.1 Å². The molecular formula is C12H22N2O2. The summed E-state index contributed by atoms with van der Waals surface area (Å²) in [7, 11) is 0. The second-order valence-corrected chi connectivity index (χ2v) is 4.12. The highest BCUT2D eigenvalue weighted by molar-refractivity contribution is 4.94. The lowest BCUT2D eigenvalue weighted by molar-refractivity contribution is 0.134. The Morgan fingerprint density at radius 2 is 2.25 bits per heavy atom. The largest absolute Gasteiger partial charge is 0.444 e. The molecule has 16 heavy (non-hydrogen) atoms. The highest BCUT2D eigenvalue weighted by Gasteiger charge is 2.04. The van der Waals surface area contributed by atoms with Crippen LogP contribution in [-0.4, -0.2) is 24.2 Å². The third-order valence-corrected chi connectivity index (χ3v) is 2.10. The monoisotopic (exact) mass is 226 g/mol. The molecule has 4 heteroatoms. The Labute approximate surface area is 97.4 Å². The molecule has 1 aromatic heterocycles. The molecular weight excluding hydrogens is 204 g/mol. The fourth-order valence-electron chi connectivity index (χ4n) is 1.26. The Balaban J connectivity index is 2.22. The van der Waals surface area contributed by atoms with Gasteiger partial charge in [-0.15, -0.1) is 0 Å². The summed E-state index contributed by atoms with van der Waals surface area (Å²) in [6, 6.07) is 0.447. The summed E-state index contributed by atoms with van der Waals surface area (Å²) in [6.07, 6.45) is 3.64. The van der Waals surface area contributed by atoms with Crippen LogP contribution >= 0.6 is 0 Å². The number of nitrogens with one attached hydrogen (secondary N) is 1. The van der Waals surface area contributed by atoms with Gasteiger partial charge in [-0.3, -0.25) is 0 Å². The summed E-state index contributed by atoms with van der Waals surface area (Å²) in [5.41, 5.74) is 0. The third kappa shape index (κ3) is 5.28. The summed E-state index contributed by atoms with van der Waals surface area (Å²) < 4.78 is 11.0. The van der Waals surface area contributed by atoms with E-state index in [9.17, 15) is 0 Å². The van der Waals surface area contributed by atoms with Crippen molar-refractivity contribution in [3.63, 3.8) is 0 Å². The van der Waals surface area contributed by atoms with Crippen molar-refractivity contribution in [2.24, 2.45) is 0 Å². The Morgan fingerprint density at radius 1 is 1.44 bits per heavy atom. The fourth-order valence-corrected chi connectivity index (χ4v) is 1.26. The molecule has 4 nitrogen and oxygen atoms in total. The average Bonchev–Trinajstić information content (AvgIpc) is 2.70. The van der Waals surface area contributed by atoms with E-state index in [4.69, 9.17) is 9.15 Å². The first kappa shape index (κ1) is 13.2. The van der Waals surface area contributed by atoms with Gasteiger partial charge >= 0.3 is 0 Å². The van der Waals surface area contributed by atoms with E-state index in [1.165, 1.54) is 0 Å². The van der Waals surface area contributed by atoms with E-state index < -0.39 is 0 Å². The van der Waals surface area contributed by atoms with Crippen molar-refractivity contribution in [2.45, 2.75) is 46.2 Å². The predicted octanol–water partition coefficient (Wildman–Crippen LogP) is 2.14. The molecule has 0 fully saturated rings. The highest BCUT2D eigenvalue weighted by Crippen LogP contribution is 2.04. The summed E-state index contributed by atoms with van der Waals surface area (Å²) in [5.74, 6) is 1.65. The minimum atomic E-state index is 0.447. The van der Waals surface area contributed by atoms with Gasteiger partial charge in [0.15, 0.2) is 0 Å². The van der Waals surface area contributed by atoms with E-state index in [-0.39, 0.29) is 0 Å². The molecule has 0 aliphatic rings. The quantitative estimate of drug-likeness (QED) is 0.690. The fraction of sp³-hybridized carbons (Fsp3) is 0.750. The van der Waals surface area contributed by atoms with Gasteiger partial charge in [-0.05, 0) is 6.42 Å². The van der Waals surface area contributed by atoms with Crippen molar-refractivity contribution in [1.29, 1.82) is 0 Å². The second kappa shape index (κ2) is 7.41. The van der Waals surface area contributed by atoms with Crippen LogP contribution in [0.3, 0.4) is 0 Å². The maximum absolute atomic E-state index is 5.56. The number of oxazole rings is 1. The van der Waals surface area contributed by atoms with E-state index in [0.717, 1.165) is 31.1 Å². The standard InChI is InChI=1S/C12H22N2O2/c1-4-6-15-7-5-11-8-14-12(16-11)9-13-10(2)3/h8,10,13H,4-7,9H2,1-3H3. The van der Waals surface area contributed by atoms with E-state index >= 15 is 0 Å². The van der Waals surface area contributed by atoms with Gasteiger partial charge in [0.2, 0.25) is 5.89 Å². The molecule has 1 heterocycles. The molecule has 92 valence electrons. The van der Waals surface area contributed by atoms with Crippen molar-refractivity contribution >= 4 is 0 Å². The van der Waals surface area contributed by atoms with Crippen molar-refractivity contribution in [1.82, 2.24) is 10.3 Å². The van der Waals surface area contributed by atoms with Crippen LogP contribution in [0.1, 0.15) is 38.8 Å². The van der Waals surface area contributed by atoms with Crippen molar-refractivity contribution in [3.8, 4) is 0 Å². The molecule has 0 unspecified atom stereocenters. The van der Waals surface area contributed by atoms with E-state index in [0.29, 0.717) is 19.2 Å². The summed E-state index contributed by atoms with van der Waals surface area (Å²) in [4.78, 5) is 4.20. The zero-order valence-corrected chi connectivity index (χ0v) is 10.5. The Hall–Kier alpha value is -0.870. The molecule has 0 aromatic carbocycles. The minimum absolute atomic E-state index is 0.447. The Morgan fingerprint density at radius 3 is 2.94 bits per heavy atom. The normalized spacial score (nSPS) is 11.2. The van der Waals surface area contributed by atoms with Crippen molar-refractivity contribution < 1.29 is 9.15 Å². The van der Waals surface area contributed by atoms with Crippen LogP contribution < -0.4 is 5.32 Å². The number of hydrogen-bond donors (Lipinski definition) is 1. The van der Waals surface area contributed by atoms with E-state index in [1.54, 1.807) is 6.20 Å². The number of ether oxygens (including phenoxy) is 1. The SMILES string of the molecule is CCCOCCc1cnc(CNC(C)C)o1. The topological polar surface area (TPSA) is 47.3 Å². The van der Waals surface area contributed by atoms with Crippen molar-refractivity contribution in [2.75, 3.05) is 13.2 Å². The first-order valence-corrected chi connectivity index (χ1v) is 5.97. The second-order valence-electron chi connectivity index (χ2n) is 4.12. The van der Waals surface area contributed by atoms with Crippen LogP contribution in [0.25, 0.3) is 0 Å². The van der Waals surface area contributed by atoms with Crippen LogP contribution in [0.2, 0.25) is 0 Å². The lowest BCUT2D eigenvalue weighted by atomic mass is 10.4. The number of hydrogen-bond acceptors (Lipinski definition) is 4. The molecule has 0 saturated heterocycles. The molecule has 0 amide bonds. The van der Waals surface area contributed by atoms with Crippen LogP contribution in [0.15, 0.2) is 10.6 Å². The average molecular weight is 226 g/mol. The number of nitrogens with zero attached hydrogens (tertiary/aromatic N) is 1. The molecule has 0 aliphatic heterocycles. The smallest absolute Gasteiger partial charge is 0.208 e. The lowest BCUT2D eigenvalue weighted by Gasteiger charge is -2.04. The maximum atomic E-state index is 5.56. The van der Waals surface area contributed by atoms with Gasteiger partial charge in [0.1, 0.15) is 5.76 Å². The predicted molar refractivity (Wildman–Crippen MR) is 63.3 cm³/mol. The molecule has 0 aliphatic carbocycles. The Bertz CT molecular complexity index is 284. The van der Waals surface area contributed by atoms with Gasteiger partial charge in [-0.1, -0.05) is 20.8 Å². The molecule has 1 N–H and O–H groups in total. The van der Waals surface area contributed by atoms with Crippen molar-refractivity contribution in [3.05, 3.63) is 17.8 Å². The molecule has 1 aromatic rings. The molecule has 0 bridgehead atoms. The van der Waals surface area contributed by atoms with E-state index in [1.807, 2.05) is 0 Å². The zero-order chi connectivity index (χ0) is 11.8. The van der Waals surface area contributed by atoms with Gasteiger partial charge in [-0.25, -0.2) is 4.98 Å². The lowest BCUT2D eigenvalue weighted by Crippen LogP contribution is -2.21. The van der Waals surface area contributed by atoms with Gasteiger partial charge < -0.3 is 14.5 Å². The number of aromatic nitrogens is 1. The van der Waals surface area contributed by atoms with Crippen LogP contribution in [-0.2, 0) is 17.7 Å².